The van der Waals surface area contributed by atoms with Crippen molar-refractivity contribution in [2.75, 3.05) is 0 Å². The summed E-state index contributed by atoms with van der Waals surface area (Å²) in [6.07, 6.45) is -1.40. The van der Waals surface area contributed by atoms with Crippen molar-refractivity contribution >= 4 is 0 Å². The highest BCUT2D eigenvalue weighted by Crippen LogP contribution is 2.40. The fraction of sp³-hybridized carbons (Fsp3) is 0.188. The minimum absolute atomic E-state index is 0.293. The topological polar surface area (TPSA) is 18.5 Å². The van der Waals surface area contributed by atoms with Crippen molar-refractivity contribution < 1.29 is 13.9 Å². The zero-order valence-electron chi connectivity index (χ0n) is 10.3. The summed E-state index contributed by atoms with van der Waals surface area (Å²) in [5.74, 6) is -0.293. The first kappa shape index (κ1) is 12.3. The van der Waals surface area contributed by atoms with E-state index in [9.17, 15) is 4.39 Å². The van der Waals surface area contributed by atoms with Crippen LogP contribution < -0.4 is 0 Å². The van der Waals surface area contributed by atoms with E-state index in [0.717, 1.165) is 5.56 Å². The van der Waals surface area contributed by atoms with Gasteiger partial charge in [-0.15, -0.1) is 0 Å². The summed E-state index contributed by atoms with van der Waals surface area (Å²) < 4.78 is 25.3. The van der Waals surface area contributed by atoms with E-state index in [2.05, 4.69) is 6.92 Å². The maximum Gasteiger partial charge on any atom is 0.185 e. The molecule has 1 heterocycles. The molecule has 97 valence electrons. The highest BCUT2D eigenvalue weighted by molar-refractivity contribution is 5.23. The van der Waals surface area contributed by atoms with Gasteiger partial charge in [-0.1, -0.05) is 48.5 Å². The predicted molar refractivity (Wildman–Crippen MR) is 69.6 cm³/mol. The number of hydrogen-bond acceptors (Lipinski definition) is 2. The molecule has 0 bridgehead atoms. The Labute approximate surface area is 111 Å². The van der Waals surface area contributed by atoms with Gasteiger partial charge in [-0.3, -0.25) is 0 Å². The molecule has 0 saturated carbocycles. The van der Waals surface area contributed by atoms with Crippen LogP contribution in [0.1, 0.15) is 23.5 Å². The van der Waals surface area contributed by atoms with Gasteiger partial charge in [0.05, 0.1) is 6.10 Å². The predicted octanol–water partition coefficient (Wildman–Crippen LogP) is 3.82. The Hall–Kier alpha value is -1.71. The maximum atomic E-state index is 13.8. The van der Waals surface area contributed by atoms with Crippen molar-refractivity contribution in [3.05, 3.63) is 78.5 Å². The molecule has 1 aliphatic rings. The molecule has 2 aromatic carbocycles. The minimum atomic E-state index is -0.492. The average molecular weight is 257 g/mol. The summed E-state index contributed by atoms with van der Waals surface area (Å²) in [6.45, 7) is 3.90. The summed E-state index contributed by atoms with van der Waals surface area (Å²) in [5, 5.41) is 0. The smallest absolute Gasteiger partial charge is 0.185 e. The van der Waals surface area contributed by atoms with Crippen LogP contribution in [0.15, 0.2) is 54.6 Å². The molecule has 0 amide bonds. The molecule has 1 saturated heterocycles. The summed E-state index contributed by atoms with van der Waals surface area (Å²) in [7, 11) is 0. The number of halogens is 1. The van der Waals surface area contributed by atoms with Crippen molar-refractivity contribution in [3.63, 3.8) is 0 Å². The Balaban J connectivity index is 1.85. The van der Waals surface area contributed by atoms with E-state index >= 15 is 0 Å². The minimum Gasteiger partial charge on any atom is -0.342 e. The van der Waals surface area contributed by atoms with Crippen molar-refractivity contribution in [2.24, 2.45) is 0 Å². The standard InChI is InChI=1S/C16H14FO2/c1-11-15(13-9-5-6-10-14(13)17)19-16(18-11)12-7-3-2-4-8-12/h2-11,15-16H,1H2. The lowest BCUT2D eigenvalue weighted by Crippen LogP contribution is -2.12. The quantitative estimate of drug-likeness (QED) is 0.814. The Bertz CT molecular complexity index is 556. The SMILES string of the molecule is [CH2]C1OC(c2ccccc2)OC1c1ccccc1F. The maximum absolute atomic E-state index is 13.8. The van der Waals surface area contributed by atoms with Gasteiger partial charge in [0.25, 0.3) is 0 Å². The van der Waals surface area contributed by atoms with Crippen LogP contribution in [-0.2, 0) is 9.47 Å². The fourth-order valence-corrected chi connectivity index (χ4v) is 2.23. The molecule has 3 heteroatoms. The van der Waals surface area contributed by atoms with Gasteiger partial charge in [0.2, 0.25) is 0 Å². The lowest BCUT2D eigenvalue weighted by Gasteiger charge is -2.13. The van der Waals surface area contributed by atoms with Gasteiger partial charge >= 0.3 is 0 Å². The van der Waals surface area contributed by atoms with Crippen LogP contribution in [0.2, 0.25) is 0 Å². The van der Waals surface area contributed by atoms with Gasteiger partial charge < -0.3 is 9.47 Å². The van der Waals surface area contributed by atoms with Crippen molar-refractivity contribution in [3.8, 4) is 0 Å². The molecule has 2 aromatic rings. The zero-order valence-corrected chi connectivity index (χ0v) is 10.3. The van der Waals surface area contributed by atoms with Crippen molar-refractivity contribution in [2.45, 2.75) is 18.5 Å². The van der Waals surface area contributed by atoms with E-state index in [4.69, 9.17) is 9.47 Å². The molecule has 0 N–H and O–H groups in total. The van der Waals surface area contributed by atoms with Crippen LogP contribution in [-0.4, -0.2) is 6.10 Å². The Morgan fingerprint density at radius 3 is 2.32 bits per heavy atom. The Kier molecular flexibility index (Phi) is 3.32. The van der Waals surface area contributed by atoms with E-state index in [1.807, 2.05) is 30.3 Å². The second-order valence-corrected chi connectivity index (χ2v) is 4.50. The van der Waals surface area contributed by atoms with Crippen LogP contribution in [0.3, 0.4) is 0 Å². The molecular weight excluding hydrogens is 243 g/mol. The first-order valence-electron chi connectivity index (χ1n) is 6.19. The summed E-state index contributed by atoms with van der Waals surface area (Å²) in [5.41, 5.74) is 1.40. The number of benzene rings is 2. The van der Waals surface area contributed by atoms with Crippen LogP contribution in [0.5, 0.6) is 0 Å². The Morgan fingerprint density at radius 2 is 1.58 bits per heavy atom. The number of hydrogen-bond donors (Lipinski definition) is 0. The van der Waals surface area contributed by atoms with E-state index < -0.39 is 18.5 Å². The molecule has 0 spiro atoms. The van der Waals surface area contributed by atoms with E-state index in [0.29, 0.717) is 5.56 Å². The highest BCUT2D eigenvalue weighted by atomic mass is 19.1. The molecule has 3 unspecified atom stereocenters. The molecule has 0 aliphatic carbocycles. The van der Waals surface area contributed by atoms with Crippen LogP contribution >= 0.6 is 0 Å². The molecule has 3 rings (SSSR count). The second kappa shape index (κ2) is 5.11. The van der Waals surface area contributed by atoms with Gasteiger partial charge in [0.15, 0.2) is 6.29 Å². The summed E-state index contributed by atoms with van der Waals surface area (Å²) in [6, 6.07) is 16.1. The van der Waals surface area contributed by atoms with Crippen molar-refractivity contribution in [1.29, 1.82) is 0 Å². The van der Waals surface area contributed by atoms with Gasteiger partial charge in [0, 0.05) is 11.1 Å². The van der Waals surface area contributed by atoms with E-state index in [1.165, 1.54) is 6.07 Å². The first-order valence-corrected chi connectivity index (χ1v) is 6.19. The lowest BCUT2D eigenvalue weighted by atomic mass is 10.1. The zero-order chi connectivity index (χ0) is 13.2. The van der Waals surface area contributed by atoms with Gasteiger partial charge in [0.1, 0.15) is 11.9 Å². The lowest BCUT2D eigenvalue weighted by molar-refractivity contribution is -0.0660. The molecule has 1 radical (unpaired) electrons. The third-order valence-corrected chi connectivity index (χ3v) is 3.19. The monoisotopic (exact) mass is 257 g/mol. The summed E-state index contributed by atoms with van der Waals surface area (Å²) >= 11 is 0. The third-order valence-electron chi connectivity index (χ3n) is 3.19. The van der Waals surface area contributed by atoms with Crippen LogP contribution in [0, 0.1) is 12.7 Å². The molecular formula is C16H14FO2. The molecule has 0 aromatic heterocycles. The molecule has 1 aliphatic heterocycles. The first-order chi connectivity index (χ1) is 9.25. The fourth-order valence-electron chi connectivity index (χ4n) is 2.23. The van der Waals surface area contributed by atoms with E-state index in [1.54, 1.807) is 18.2 Å². The molecule has 19 heavy (non-hydrogen) atoms. The third kappa shape index (κ3) is 2.39. The van der Waals surface area contributed by atoms with Gasteiger partial charge in [-0.2, -0.15) is 0 Å². The highest BCUT2D eigenvalue weighted by Gasteiger charge is 2.36. The molecule has 1 fully saturated rings. The van der Waals surface area contributed by atoms with Gasteiger partial charge in [-0.05, 0) is 13.0 Å². The van der Waals surface area contributed by atoms with Crippen molar-refractivity contribution in [1.82, 2.24) is 0 Å². The largest absolute Gasteiger partial charge is 0.342 e. The average Bonchev–Trinajstić information content (AvgIpc) is 2.82. The van der Waals surface area contributed by atoms with Crippen LogP contribution in [0.25, 0.3) is 0 Å². The molecule has 3 atom stereocenters. The van der Waals surface area contributed by atoms with E-state index in [-0.39, 0.29) is 5.82 Å². The Morgan fingerprint density at radius 1 is 0.895 bits per heavy atom. The van der Waals surface area contributed by atoms with Gasteiger partial charge in [-0.25, -0.2) is 4.39 Å². The normalized spacial score (nSPS) is 26.5. The number of rotatable bonds is 2. The second-order valence-electron chi connectivity index (χ2n) is 4.50. The van der Waals surface area contributed by atoms with Crippen LogP contribution in [0.4, 0.5) is 4.39 Å². The molecule has 2 nitrogen and oxygen atoms in total. The number of ether oxygens (including phenoxy) is 2. The summed E-state index contributed by atoms with van der Waals surface area (Å²) in [4.78, 5) is 0.